The van der Waals surface area contributed by atoms with Crippen molar-refractivity contribution in [3.8, 4) is 5.75 Å². The Morgan fingerprint density at radius 1 is 1.35 bits per heavy atom. The molecule has 0 radical (unpaired) electrons. The summed E-state index contributed by atoms with van der Waals surface area (Å²) in [6.07, 6.45) is 4.35. The molecule has 210 valence electrons. The Morgan fingerprint density at radius 2 is 2.20 bits per heavy atom. The number of hydrogen-bond donors (Lipinski definition) is 2. The van der Waals surface area contributed by atoms with Crippen molar-refractivity contribution >= 4 is 45.4 Å². The second-order valence-corrected chi connectivity index (χ2v) is 11.6. The summed E-state index contributed by atoms with van der Waals surface area (Å²) in [5.41, 5.74) is 4.98. The van der Waals surface area contributed by atoms with Crippen LogP contribution in [0, 0.1) is 6.92 Å². The second-order valence-electron chi connectivity index (χ2n) is 10.1. The molecule has 2 N–H and O–H groups in total. The topological polar surface area (TPSA) is 82.1 Å². The molecule has 8 nitrogen and oxygen atoms in total. The Hall–Kier alpha value is -3.40. The predicted molar refractivity (Wildman–Crippen MR) is 164 cm³/mol. The fourth-order valence-electron chi connectivity index (χ4n) is 4.75. The molecule has 0 saturated heterocycles. The number of amides is 1. The first kappa shape index (κ1) is 28.1. The first-order chi connectivity index (χ1) is 19.3. The highest BCUT2D eigenvalue weighted by atomic mass is 35.5. The number of aromatic nitrogens is 1. The van der Waals surface area contributed by atoms with Crippen molar-refractivity contribution in [1.82, 2.24) is 14.8 Å². The number of nitrogens with one attached hydrogen (secondary N) is 2. The molecule has 2 aromatic heterocycles. The van der Waals surface area contributed by atoms with E-state index in [2.05, 4.69) is 27.4 Å². The number of hydrogen-bond acceptors (Lipinski definition) is 8. The van der Waals surface area contributed by atoms with Crippen LogP contribution in [0.25, 0.3) is 0 Å². The molecule has 10 heteroatoms. The first-order valence-corrected chi connectivity index (χ1v) is 14.7. The van der Waals surface area contributed by atoms with E-state index in [1.165, 1.54) is 10.4 Å². The quantitative estimate of drug-likeness (QED) is 0.333. The van der Waals surface area contributed by atoms with Crippen LogP contribution in [-0.2, 0) is 24.4 Å². The fraction of sp³-hybridized carbons (Fsp3) is 0.367. The summed E-state index contributed by atoms with van der Waals surface area (Å²) in [5, 5.41) is 8.60. The van der Waals surface area contributed by atoms with Crippen molar-refractivity contribution in [2.24, 2.45) is 4.99 Å². The minimum atomic E-state index is -0.0776. The number of aryl methyl sites for hydroxylation is 1. The third kappa shape index (κ3) is 6.49. The van der Waals surface area contributed by atoms with Gasteiger partial charge in [-0.25, -0.2) is 4.99 Å². The number of benzene rings is 1. The van der Waals surface area contributed by atoms with Crippen LogP contribution in [0.15, 0.2) is 53.5 Å². The standard InChI is InChI=1S/C30H35ClN6O2S/c1-5-36(4)14-7-10-27(38)37-15-13-23-26(17-37)40-30-28(23)29(33-20(3)34-30)35-21-11-12-25(24(31)16-21)39-18-22-9-6-8-19(2)32-22/h6-12,16,20,34H,5,13-15,17-18H2,1-4H3,(H,33,35)/b10-7+. The lowest BCUT2D eigenvalue weighted by atomic mass is 10.0. The zero-order valence-electron chi connectivity index (χ0n) is 23.3. The summed E-state index contributed by atoms with van der Waals surface area (Å²) in [4.78, 5) is 27.5. The summed E-state index contributed by atoms with van der Waals surface area (Å²) in [6, 6.07) is 11.5. The molecule has 5 rings (SSSR count). The van der Waals surface area contributed by atoms with Gasteiger partial charge in [-0.15, -0.1) is 11.3 Å². The molecule has 4 heterocycles. The minimum Gasteiger partial charge on any atom is -0.486 e. The average molecular weight is 579 g/mol. The van der Waals surface area contributed by atoms with Crippen LogP contribution < -0.4 is 15.4 Å². The number of likely N-dealkylation sites (N-methyl/N-ethyl adjacent to an activating group) is 1. The van der Waals surface area contributed by atoms with E-state index >= 15 is 0 Å². The third-order valence-electron chi connectivity index (χ3n) is 7.00. The molecule has 1 unspecified atom stereocenters. The minimum absolute atomic E-state index is 0.0602. The Morgan fingerprint density at radius 3 is 2.98 bits per heavy atom. The lowest BCUT2D eigenvalue weighted by molar-refractivity contribution is -0.126. The fourth-order valence-corrected chi connectivity index (χ4v) is 6.33. The van der Waals surface area contributed by atoms with Crippen molar-refractivity contribution in [2.75, 3.05) is 37.3 Å². The van der Waals surface area contributed by atoms with Gasteiger partial charge in [0.15, 0.2) is 0 Å². The maximum absolute atomic E-state index is 12.8. The molecule has 0 spiro atoms. The van der Waals surface area contributed by atoms with Crippen LogP contribution >= 0.6 is 22.9 Å². The van der Waals surface area contributed by atoms with E-state index in [1.807, 2.05) is 68.3 Å². The number of pyridine rings is 1. The van der Waals surface area contributed by atoms with Gasteiger partial charge < -0.3 is 25.2 Å². The van der Waals surface area contributed by atoms with Gasteiger partial charge in [0.1, 0.15) is 29.4 Å². The van der Waals surface area contributed by atoms with Crippen molar-refractivity contribution in [1.29, 1.82) is 0 Å². The normalized spacial score (nSPS) is 16.4. The van der Waals surface area contributed by atoms with Gasteiger partial charge in [0.2, 0.25) is 5.91 Å². The Balaban J connectivity index is 1.28. The van der Waals surface area contributed by atoms with Gasteiger partial charge in [-0.3, -0.25) is 9.78 Å². The van der Waals surface area contributed by atoms with Crippen LogP contribution in [0.2, 0.25) is 5.02 Å². The van der Waals surface area contributed by atoms with Crippen LogP contribution in [0.3, 0.4) is 0 Å². The monoisotopic (exact) mass is 578 g/mol. The van der Waals surface area contributed by atoms with Crippen molar-refractivity contribution in [3.63, 3.8) is 0 Å². The van der Waals surface area contributed by atoms with Gasteiger partial charge in [-0.2, -0.15) is 0 Å². The highest BCUT2D eigenvalue weighted by Crippen LogP contribution is 2.40. The molecule has 2 aliphatic heterocycles. The molecule has 1 amide bonds. The maximum Gasteiger partial charge on any atom is 0.246 e. The molecule has 2 aliphatic rings. The van der Waals surface area contributed by atoms with Gasteiger partial charge in [-0.05, 0) is 69.8 Å². The number of ether oxygens (including phenoxy) is 1. The number of rotatable bonds is 8. The number of fused-ring (bicyclic) bond motifs is 3. The Bertz CT molecular complexity index is 1450. The van der Waals surface area contributed by atoms with E-state index in [-0.39, 0.29) is 12.1 Å². The molecule has 1 atom stereocenters. The average Bonchev–Trinajstić information content (AvgIpc) is 3.30. The number of nitrogens with zero attached hydrogens (tertiary/aromatic N) is 4. The Kier molecular flexibility index (Phi) is 8.73. The Labute approximate surface area is 244 Å². The number of amidine groups is 1. The lowest BCUT2D eigenvalue weighted by Gasteiger charge is -2.27. The van der Waals surface area contributed by atoms with E-state index in [0.29, 0.717) is 30.5 Å². The number of aliphatic imine (C=N–C) groups is 1. The third-order valence-corrected chi connectivity index (χ3v) is 8.44. The van der Waals surface area contributed by atoms with Gasteiger partial charge in [0, 0.05) is 35.4 Å². The van der Waals surface area contributed by atoms with Crippen LogP contribution in [-0.4, -0.2) is 59.4 Å². The van der Waals surface area contributed by atoms with Gasteiger partial charge in [0.05, 0.1) is 22.8 Å². The smallest absolute Gasteiger partial charge is 0.246 e. The van der Waals surface area contributed by atoms with Gasteiger partial charge >= 0.3 is 0 Å². The lowest BCUT2D eigenvalue weighted by Crippen LogP contribution is -2.35. The van der Waals surface area contributed by atoms with E-state index in [1.54, 1.807) is 17.4 Å². The zero-order valence-corrected chi connectivity index (χ0v) is 24.9. The van der Waals surface area contributed by atoms with Gasteiger partial charge in [0.25, 0.3) is 0 Å². The van der Waals surface area contributed by atoms with Gasteiger partial charge in [-0.1, -0.05) is 30.7 Å². The second kappa shape index (κ2) is 12.4. The van der Waals surface area contributed by atoms with E-state index in [4.69, 9.17) is 21.3 Å². The maximum atomic E-state index is 12.8. The summed E-state index contributed by atoms with van der Waals surface area (Å²) >= 11 is 8.30. The highest BCUT2D eigenvalue weighted by molar-refractivity contribution is 7.16. The number of carbonyl (C=O) groups is 1. The summed E-state index contributed by atoms with van der Waals surface area (Å²) in [5.74, 6) is 1.48. The molecular formula is C30H35ClN6O2S. The largest absolute Gasteiger partial charge is 0.486 e. The van der Waals surface area contributed by atoms with E-state index < -0.39 is 0 Å². The molecule has 0 bridgehead atoms. The summed E-state index contributed by atoms with van der Waals surface area (Å²) < 4.78 is 5.93. The number of thiophene rings is 1. The van der Waals surface area contributed by atoms with Crippen LogP contribution in [0.1, 0.15) is 41.2 Å². The van der Waals surface area contributed by atoms with E-state index in [9.17, 15) is 4.79 Å². The molecule has 0 fully saturated rings. The molecule has 0 aliphatic carbocycles. The molecule has 1 aromatic carbocycles. The summed E-state index contributed by atoms with van der Waals surface area (Å²) in [6.45, 7) is 9.44. The zero-order chi connectivity index (χ0) is 28.2. The molecule has 3 aromatic rings. The predicted octanol–water partition coefficient (Wildman–Crippen LogP) is 5.71. The number of carbonyl (C=O) groups excluding carboxylic acids is 1. The first-order valence-electron chi connectivity index (χ1n) is 13.6. The SMILES string of the molecule is CCN(C)C/C=C/C(=O)N1CCc2c(sc3c2C(Nc2ccc(OCc4cccc(C)n4)c(Cl)c2)=NC(C)N3)C1. The van der Waals surface area contributed by atoms with Crippen molar-refractivity contribution in [2.45, 2.75) is 46.5 Å². The van der Waals surface area contributed by atoms with Crippen molar-refractivity contribution in [3.05, 3.63) is 81.0 Å². The summed E-state index contributed by atoms with van der Waals surface area (Å²) in [7, 11) is 2.04. The molecule has 40 heavy (non-hydrogen) atoms. The number of anilines is 2. The molecular weight excluding hydrogens is 544 g/mol. The number of halogens is 1. The van der Waals surface area contributed by atoms with Crippen molar-refractivity contribution < 1.29 is 9.53 Å². The van der Waals surface area contributed by atoms with E-state index in [0.717, 1.165) is 53.0 Å². The van der Waals surface area contributed by atoms with Crippen LogP contribution in [0.4, 0.5) is 10.7 Å². The highest BCUT2D eigenvalue weighted by Gasteiger charge is 2.31. The van der Waals surface area contributed by atoms with Crippen LogP contribution in [0.5, 0.6) is 5.75 Å². The molecule has 0 saturated carbocycles.